The Kier molecular flexibility index (Phi) is 4.45. The third-order valence-corrected chi connectivity index (χ3v) is 2.88. The second-order valence-corrected chi connectivity index (χ2v) is 5.89. The first-order chi connectivity index (χ1) is 7.75. The molecule has 0 amide bonds. The third kappa shape index (κ3) is 3.62. The van der Waals surface area contributed by atoms with Crippen LogP contribution in [0.15, 0.2) is 12.1 Å². The molecule has 0 radical (unpaired) electrons. The second-order valence-electron chi connectivity index (χ2n) is 5.45. The highest BCUT2D eigenvalue weighted by molar-refractivity contribution is 6.30. The Bertz CT molecular complexity index is 392. The molecule has 0 saturated carbocycles. The molecular formula is C14H21ClO2. The van der Waals surface area contributed by atoms with Crippen molar-refractivity contribution in [3.05, 3.63) is 28.3 Å². The van der Waals surface area contributed by atoms with E-state index in [2.05, 4.69) is 20.8 Å². The highest BCUT2D eigenvalue weighted by Crippen LogP contribution is 2.37. The lowest BCUT2D eigenvalue weighted by Gasteiger charge is -2.24. The van der Waals surface area contributed by atoms with Crippen LogP contribution in [-0.2, 0) is 11.8 Å². The van der Waals surface area contributed by atoms with Gasteiger partial charge < -0.3 is 9.84 Å². The molecule has 1 aromatic carbocycles. The number of benzene rings is 1. The van der Waals surface area contributed by atoms with Crippen molar-refractivity contribution in [1.82, 2.24) is 0 Å². The molecule has 1 rings (SSSR count). The Labute approximate surface area is 109 Å². The molecule has 0 aromatic heterocycles. The van der Waals surface area contributed by atoms with E-state index in [1.807, 2.05) is 12.1 Å². The minimum atomic E-state index is -0.407. The molecule has 1 atom stereocenters. The van der Waals surface area contributed by atoms with Gasteiger partial charge in [0.15, 0.2) is 0 Å². The Morgan fingerprint density at radius 3 is 2.35 bits per heavy atom. The van der Waals surface area contributed by atoms with Gasteiger partial charge in [0, 0.05) is 17.0 Å². The Hall–Kier alpha value is -0.730. The van der Waals surface area contributed by atoms with E-state index in [0.717, 1.165) is 16.9 Å². The van der Waals surface area contributed by atoms with E-state index in [1.165, 1.54) is 0 Å². The van der Waals surface area contributed by atoms with Gasteiger partial charge in [0.05, 0.1) is 13.2 Å². The van der Waals surface area contributed by atoms with Gasteiger partial charge in [0.25, 0.3) is 0 Å². The summed E-state index contributed by atoms with van der Waals surface area (Å²) >= 11 is 6.13. The molecule has 2 nitrogen and oxygen atoms in total. The molecule has 0 aliphatic rings. The van der Waals surface area contributed by atoms with Crippen molar-refractivity contribution >= 4 is 11.6 Å². The molecule has 17 heavy (non-hydrogen) atoms. The van der Waals surface area contributed by atoms with Crippen molar-refractivity contribution in [2.75, 3.05) is 7.11 Å². The van der Waals surface area contributed by atoms with Gasteiger partial charge in [-0.25, -0.2) is 0 Å². The predicted molar refractivity (Wildman–Crippen MR) is 72.1 cm³/mol. The van der Waals surface area contributed by atoms with Crippen LogP contribution in [0.5, 0.6) is 5.75 Å². The van der Waals surface area contributed by atoms with E-state index in [4.69, 9.17) is 16.3 Å². The van der Waals surface area contributed by atoms with Gasteiger partial charge >= 0.3 is 0 Å². The molecule has 96 valence electrons. The van der Waals surface area contributed by atoms with E-state index < -0.39 is 6.10 Å². The molecule has 1 N–H and O–H groups in total. The van der Waals surface area contributed by atoms with Crippen molar-refractivity contribution in [2.45, 2.75) is 45.6 Å². The Balaban J connectivity index is 3.35. The average molecular weight is 257 g/mol. The van der Waals surface area contributed by atoms with Gasteiger partial charge in [-0.2, -0.15) is 0 Å². The molecule has 0 aliphatic heterocycles. The van der Waals surface area contributed by atoms with Crippen molar-refractivity contribution < 1.29 is 9.84 Å². The maximum absolute atomic E-state index is 9.51. The fourth-order valence-corrected chi connectivity index (χ4v) is 2.16. The Morgan fingerprint density at radius 2 is 1.94 bits per heavy atom. The smallest absolute Gasteiger partial charge is 0.125 e. The van der Waals surface area contributed by atoms with Crippen LogP contribution < -0.4 is 4.74 Å². The first-order valence-corrected chi connectivity index (χ1v) is 6.18. The van der Waals surface area contributed by atoms with Gasteiger partial charge in [-0.15, -0.1) is 0 Å². The van der Waals surface area contributed by atoms with E-state index >= 15 is 0 Å². The highest BCUT2D eigenvalue weighted by Gasteiger charge is 2.22. The molecule has 0 fully saturated rings. The molecule has 1 aromatic rings. The van der Waals surface area contributed by atoms with Gasteiger partial charge in [-0.3, -0.25) is 0 Å². The zero-order valence-corrected chi connectivity index (χ0v) is 11.9. The normalized spacial score (nSPS) is 13.6. The van der Waals surface area contributed by atoms with Gasteiger partial charge in [0.2, 0.25) is 0 Å². The molecule has 3 heteroatoms. The lowest BCUT2D eigenvalue weighted by Crippen LogP contribution is -2.15. The fourth-order valence-electron chi connectivity index (χ4n) is 1.92. The molecule has 0 aliphatic carbocycles. The lowest BCUT2D eigenvalue weighted by atomic mass is 9.84. The fraction of sp³-hybridized carbons (Fsp3) is 0.571. The number of aliphatic hydroxyl groups excluding tert-OH is 1. The highest BCUT2D eigenvalue weighted by atomic mass is 35.5. The minimum absolute atomic E-state index is 0.0380. The van der Waals surface area contributed by atoms with Crippen LogP contribution in [0.1, 0.15) is 38.8 Å². The molecule has 0 spiro atoms. The maximum Gasteiger partial charge on any atom is 0.125 e. The minimum Gasteiger partial charge on any atom is -0.496 e. The zero-order chi connectivity index (χ0) is 13.2. The number of rotatable bonds is 3. The van der Waals surface area contributed by atoms with E-state index in [0.29, 0.717) is 11.4 Å². The summed E-state index contributed by atoms with van der Waals surface area (Å²) in [6, 6.07) is 3.80. The maximum atomic E-state index is 9.51. The molecule has 0 saturated heterocycles. The third-order valence-electron chi connectivity index (χ3n) is 2.66. The standard InChI is InChI=1S/C14H21ClO2/c1-9(16)6-10-7-11(15)8-12(13(10)17-5)14(2,3)4/h7-9,16H,6H2,1-5H3. The summed E-state index contributed by atoms with van der Waals surface area (Å²) in [6.07, 6.45) is 0.141. The lowest BCUT2D eigenvalue weighted by molar-refractivity contribution is 0.194. The number of ether oxygens (including phenoxy) is 1. The van der Waals surface area contributed by atoms with E-state index in [1.54, 1.807) is 14.0 Å². The van der Waals surface area contributed by atoms with Crippen molar-refractivity contribution in [1.29, 1.82) is 0 Å². The van der Waals surface area contributed by atoms with Crippen molar-refractivity contribution in [2.24, 2.45) is 0 Å². The monoisotopic (exact) mass is 256 g/mol. The summed E-state index contributed by atoms with van der Waals surface area (Å²) in [4.78, 5) is 0. The average Bonchev–Trinajstić information content (AvgIpc) is 2.14. The Morgan fingerprint density at radius 1 is 1.35 bits per heavy atom. The summed E-state index contributed by atoms with van der Waals surface area (Å²) in [7, 11) is 1.66. The van der Waals surface area contributed by atoms with Crippen LogP contribution in [-0.4, -0.2) is 18.3 Å². The number of hydrogen-bond acceptors (Lipinski definition) is 2. The van der Waals surface area contributed by atoms with E-state index in [9.17, 15) is 5.11 Å². The number of methoxy groups -OCH3 is 1. The summed E-state index contributed by atoms with van der Waals surface area (Å²) in [5.74, 6) is 0.836. The summed E-state index contributed by atoms with van der Waals surface area (Å²) in [6.45, 7) is 8.12. The van der Waals surface area contributed by atoms with Crippen LogP contribution in [0.4, 0.5) is 0 Å². The predicted octanol–water partition coefficient (Wildman–Crippen LogP) is 3.57. The number of hydrogen-bond donors (Lipinski definition) is 1. The van der Waals surface area contributed by atoms with Crippen LogP contribution in [0.3, 0.4) is 0 Å². The molecule has 0 heterocycles. The van der Waals surface area contributed by atoms with E-state index in [-0.39, 0.29) is 5.41 Å². The van der Waals surface area contributed by atoms with Crippen LogP contribution in [0.2, 0.25) is 5.02 Å². The topological polar surface area (TPSA) is 29.5 Å². The quantitative estimate of drug-likeness (QED) is 0.896. The summed E-state index contributed by atoms with van der Waals surface area (Å²) in [5, 5.41) is 10.2. The number of aliphatic hydroxyl groups is 1. The zero-order valence-electron chi connectivity index (χ0n) is 11.2. The van der Waals surface area contributed by atoms with Crippen LogP contribution >= 0.6 is 11.6 Å². The van der Waals surface area contributed by atoms with Gasteiger partial charge in [-0.05, 0) is 30.0 Å². The van der Waals surface area contributed by atoms with Crippen LogP contribution in [0.25, 0.3) is 0 Å². The largest absolute Gasteiger partial charge is 0.496 e. The van der Waals surface area contributed by atoms with Crippen molar-refractivity contribution in [3.8, 4) is 5.75 Å². The van der Waals surface area contributed by atoms with Crippen molar-refractivity contribution in [3.63, 3.8) is 0 Å². The first kappa shape index (κ1) is 14.3. The number of halogens is 1. The SMILES string of the molecule is COc1c(CC(C)O)cc(Cl)cc1C(C)(C)C. The second kappa shape index (κ2) is 5.28. The summed E-state index contributed by atoms with van der Waals surface area (Å²) in [5.41, 5.74) is 1.99. The molecule has 1 unspecified atom stereocenters. The molecular weight excluding hydrogens is 236 g/mol. The van der Waals surface area contributed by atoms with Gasteiger partial charge in [-0.1, -0.05) is 32.4 Å². The first-order valence-electron chi connectivity index (χ1n) is 5.80. The summed E-state index contributed by atoms with van der Waals surface area (Å²) < 4.78 is 5.49. The van der Waals surface area contributed by atoms with Crippen LogP contribution in [0, 0.1) is 0 Å². The molecule has 0 bridgehead atoms. The van der Waals surface area contributed by atoms with Gasteiger partial charge in [0.1, 0.15) is 5.75 Å².